The number of oxime groups is 1. The van der Waals surface area contributed by atoms with Gasteiger partial charge in [0.1, 0.15) is 0 Å². The summed E-state index contributed by atoms with van der Waals surface area (Å²) in [6.07, 6.45) is 10.8. The monoisotopic (exact) mass is 375 g/mol. The Morgan fingerprint density at radius 2 is 1.89 bits per heavy atom. The maximum Gasteiger partial charge on any atom is 0.344 e. The molecule has 0 aliphatic heterocycles. The van der Waals surface area contributed by atoms with Crippen LogP contribution in [-0.4, -0.2) is 34.1 Å². The molecule has 0 amide bonds. The maximum absolute atomic E-state index is 11.0. The summed E-state index contributed by atoms with van der Waals surface area (Å²) in [6, 6.07) is 0. The molecule has 0 aromatic heterocycles. The summed E-state index contributed by atoms with van der Waals surface area (Å²) in [7, 11) is 0. The summed E-state index contributed by atoms with van der Waals surface area (Å²) in [6.45, 7) is 6.44. The fourth-order valence-electron chi connectivity index (χ4n) is 7.06. The van der Waals surface area contributed by atoms with Crippen LogP contribution >= 0.6 is 0 Å². The highest BCUT2D eigenvalue weighted by molar-refractivity contribution is 5.96. The normalized spacial score (nSPS) is 47.6. The summed E-state index contributed by atoms with van der Waals surface area (Å²) >= 11 is 0. The van der Waals surface area contributed by atoms with Crippen molar-refractivity contribution < 1.29 is 19.8 Å². The molecule has 6 atom stereocenters. The zero-order valence-electron chi connectivity index (χ0n) is 16.8. The lowest BCUT2D eigenvalue weighted by Gasteiger charge is -2.59. The molecule has 0 spiro atoms. The van der Waals surface area contributed by atoms with Crippen LogP contribution < -0.4 is 0 Å². The molecule has 3 fully saturated rings. The number of hydrogen-bond acceptors (Lipinski definition) is 4. The molecule has 4 aliphatic carbocycles. The van der Waals surface area contributed by atoms with E-state index >= 15 is 0 Å². The van der Waals surface area contributed by atoms with Gasteiger partial charge in [-0.15, -0.1) is 0 Å². The smallest absolute Gasteiger partial charge is 0.344 e. The summed E-state index contributed by atoms with van der Waals surface area (Å²) in [5, 5.41) is 23.8. The van der Waals surface area contributed by atoms with E-state index in [0.717, 1.165) is 44.2 Å². The highest BCUT2D eigenvalue weighted by Crippen LogP contribution is 2.67. The first-order valence-corrected chi connectivity index (χ1v) is 10.5. The van der Waals surface area contributed by atoms with Gasteiger partial charge in [-0.05, 0) is 93.0 Å². The molecule has 0 heterocycles. The van der Waals surface area contributed by atoms with Gasteiger partial charge in [-0.1, -0.05) is 24.6 Å². The number of nitrogens with zero attached hydrogens (tertiary/aromatic N) is 1. The van der Waals surface area contributed by atoms with Crippen LogP contribution in [-0.2, 0) is 9.63 Å². The minimum Gasteiger partial charge on any atom is -0.479 e. The number of aliphatic hydroxyl groups is 1. The highest BCUT2D eigenvalue weighted by Gasteiger charge is 2.62. The number of carboxylic acids is 1. The van der Waals surface area contributed by atoms with E-state index in [9.17, 15) is 9.90 Å². The Bertz CT molecular complexity index is 696. The molecule has 3 saturated carbocycles. The predicted molar refractivity (Wildman–Crippen MR) is 103 cm³/mol. The van der Waals surface area contributed by atoms with E-state index in [1.807, 2.05) is 0 Å². The van der Waals surface area contributed by atoms with Gasteiger partial charge in [0.25, 0.3) is 0 Å². The average Bonchev–Trinajstić information content (AvgIpc) is 2.84. The van der Waals surface area contributed by atoms with Crippen LogP contribution in [0, 0.1) is 28.6 Å². The molecule has 27 heavy (non-hydrogen) atoms. The number of fused-ring (bicyclic) bond motifs is 5. The van der Waals surface area contributed by atoms with Crippen molar-refractivity contribution in [2.24, 2.45) is 33.7 Å². The van der Waals surface area contributed by atoms with Crippen LogP contribution in [0.1, 0.15) is 72.1 Å². The molecule has 0 radical (unpaired) electrons. The lowest BCUT2D eigenvalue weighted by atomic mass is 9.46. The molecule has 0 saturated heterocycles. The molecule has 0 aromatic carbocycles. The van der Waals surface area contributed by atoms with Crippen molar-refractivity contribution >= 4 is 11.7 Å². The van der Waals surface area contributed by atoms with Gasteiger partial charge in [0, 0.05) is 0 Å². The molecular formula is C22H33NO4. The Morgan fingerprint density at radius 1 is 1.15 bits per heavy atom. The lowest BCUT2D eigenvalue weighted by molar-refractivity contribution is -0.142. The summed E-state index contributed by atoms with van der Waals surface area (Å²) in [4.78, 5) is 15.6. The minimum atomic E-state index is -0.995. The van der Waals surface area contributed by atoms with Crippen LogP contribution in [0.15, 0.2) is 16.8 Å². The zero-order chi connectivity index (χ0) is 19.4. The van der Waals surface area contributed by atoms with E-state index in [0.29, 0.717) is 17.8 Å². The van der Waals surface area contributed by atoms with E-state index in [1.54, 1.807) is 0 Å². The van der Waals surface area contributed by atoms with Crippen LogP contribution in [0.25, 0.3) is 0 Å². The topological polar surface area (TPSA) is 79.1 Å². The van der Waals surface area contributed by atoms with Gasteiger partial charge < -0.3 is 15.1 Å². The molecular weight excluding hydrogens is 342 g/mol. The third-order valence-corrected chi connectivity index (χ3v) is 8.91. The van der Waals surface area contributed by atoms with Crippen molar-refractivity contribution in [1.82, 2.24) is 0 Å². The number of carboxylic acid groups (broad SMARTS) is 1. The molecule has 150 valence electrons. The molecule has 5 heteroatoms. The maximum atomic E-state index is 11.0. The fraction of sp³-hybridized carbons (Fsp3) is 0.818. The van der Waals surface area contributed by atoms with Gasteiger partial charge >= 0.3 is 5.97 Å². The van der Waals surface area contributed by atoms with E-state index in [2.05, 4.69) is 32.0 Å². The van der Waals surface area contributed by atoms with Gasteiger partial charge in [-0.25, -0.2) is 4.79 Å². The van der Waals surface area contributed by atoms with E-state index in [-0.39, 0.29) is 17.4 Å². The Hall–Kier alpha value is -1.36. The predicted octanol–water partition coefficient (Wildman–Crippen LogP) is 4.16. The highest BCUT2D eigenvalue weighted by atomic mass is 16.6. The van der Waals surface area contributed by atoms with Crippen molar-refractivity contribution in [1.29, 1.82) is 0 Å². The third kappa shape index (κ3) is 2.84. The van der Waals surface area contributed by atoms with Crippen molar-refractivity contribution in [2.75, 3.05) is 6.61 Å². The first-order valence-electron chi connectivity index (χ1n) is 10.5. The Balaban J connectivity index is 1.56. The molecule has 2 unspecified atom stereocenters. The number of hydrogen-bond donors (Lipinski definition) is 2. The number of rotatable bonds is 3. The van der Waals surface area contributed by atoms with Gasteiger partial charge in [0.15, 0.2) is 0 Å². The largest absolute Gasteiger partial charge is 0.479 e. The lowest BCUT2D eigenvalue weighted by Crippen LogP contribution is -2.53. The van der Waals surface area contributed by atoms with Crippen molar-refractivity contribution in [3.63, 3.8) is 0 Å². The SMILES string of the molecule is C[C@]12CC/C(=N\OCC(=O)O)C=C1CC[C@@H]1C2CC[C@@]2(C)C1CC[C@]2(C)O. The first kappa shape index (κ1) is 19.0. The van der Waals surface area contributed by atoms with Crippen molar-refractivity contribution in [2.45, 2.75) is 77.7 Å². The van der Waals surface area contributed by atoms with E-state index < -0.39 is 11.6 Å². The number of allylic oxidation sites excluding steroid dienone is 2. The number of carbonyl (C=O) groups is 1. The van der Waals surface area contributed by atoms with Crippen molar-refractivity contribution in [3.05, 3.63) is 11.6 Å². The van der Waals surface area contributed by atoms with Gasteiger partial charge in [0.2, 0.25) is 6.61 Å². The Morgan fingerprint density at radius 3 is 2.63 bits per heavy atom. The second-order valence-electron chi connectivity index (χ2n) is 10.0. The molecule has 0 bridgehead atoms. The van der Waals surface area contributed by atoms with Gasteiger partial charge in [0.05, 0.1) is 11.3 Å². The van der Waals surface area contributed by atoms with Crippen LogP contribution in [0.5, 0.6) is 0 Å². The molecule has 0 aromatic rings. The Labute approximate surface area is 161 Å². The molecule has 2 N–H and O–H groups in total. The second kappa shape index (κ2) is 6.33. The van der Waals surface area contributed by atoms with Crippen LogP contribution in [0.4, 0.5) is 0 Å². The van der Waals surface area contributed by atoms with Crippen molar-refractivity contribution in [3.8, 4) is 0 Å². The third-order valence-electron chi connectivity index (χ3n) is 8.91. The van der Waals surface area contributed by atoms with Crippen LogP contribution in [0.2, 0.25) is 0 Å². The summed E-state index contributed by atoms with van der Waals surface area (Å²) in [5.74, 6) is 1.04. The minimum absolute atomic E-state index is 0.0672. The first-order chi connectivity index (χ1) is 12.7. The Kier molecular flexibility index (Phi) is 4.45. The van der Waals surface area contributed by atoms with Gasteiger partial charge in [-0.3, -0.25) is 0 Å². The van der Waals surface area contributed by atoms with Gasteiger partial charge in [-0.2, -0.15) is 0 Å². The zero-order valence-corrected chi connectivity index (χ0v) is 16.8. The molecule has 5 nitrogen and oxygen atoms in total. The van der Waals surface area contributed by atoms with E-state index in [4.69, 9.17) is 9.94 Å². The van der Waals surface area contributed by atoms with E-state index in [1.165, 1.54) is 18.4 Å². The molecule has 4 aliphatic rings. The van der Waals surface area contributed by atoms with Crippen LogP contribution in [0.3, 0.4) is 0 Å². The number of aliphatic carboxylic acids is 1. The summed E-state index contributed by atoms with van der Waals surface area (Å²) in [5.41, 5.74) is 2.11. The fourth-order valence-corrected chi connectivity index (χ4v) is 7.06. The second-order valence-corrected chi connectivity index (χ2v) is 10.0. The summed E-state index contributed by atoms with van der Waals surface area (Å²) < 4.78 is 0. The quantitative estimate of drug-likeness (QED) is 0.726. The standard InChI is InChI=1S/C22H33NO4/c1-20-9-6-15(23-27-13-19(24)25)12-14(20)4-5-16-17(20)7-10-21(2)18(16)8-11-22(21,3)26/h12,16-18,26H,4-11,13H2,1-3H3,(H,24,25)/b23-15+/t16-,17?,18?,20+,21+,22+/m1/s1. The average molecular weight is 376 g/mol. The molecule has 4 rings (SSSR count).